The molecule has 1 unspecified atom stereocenters. The maximum Gasteiger partial charge on any atom is -0.00135 e. The zero-order chi connectivity index (χ0) is 12.9. The minimum Gasteiger partial charge on any atom is -0.304 e. The Hall–Kier alpha value is -0.0400. The van der Waals surface area contributed by atoms with Crippen molar-refractivity contribution in [1.82, 2.24) is 4.90 Å². The topological polar surface area (TPSA) is 3.24 Å². The van der Waals surface area contributed by atoms with Crippen molar-refractivity contribution < 1.29 is 0 Å². The van der Waals surface area contributed by atoms with Crippen LogP contribution < -0.4 is 0 Å². The van der Waals surface area contributed by atoms with E-state index in [4.69, 9.17) is 0 Å². The second kappa shape index (κ2) is 6.78. The van der Waals surface area contributed by atoms with Gasteiger partial charge in [0.2, 0.25) is 0 Å². The van der Waals surface area contributed by atoms with Gasteiger partial charge in [0.05, 0.1) is 0 Å². The summed E-state index contributed by atoms with van der Waals surface area (Å²) < 4.78 is 0. The predicted octanol–water partition coefficient (Wildman–Crippen LogP) is 4.57. The summed E-state index contributed by atoms with van der Waals surface area (Å²) >= 11 is 0. The Morgan fingerprint density at radius 1 is 1.12 bits per heavy atom. The number of hydrogen-bond donors (Lipinski definition) is 0. The number of likely N-dealkylation sites (tertiary alicyclic amines) is 1. The Labute approximate surface area is 109 Å². The molecule has 0 aromatic carbocycles. The van der Waals surface area contributed by atoms with E-state index in [9.17, 15) is 0 Å². The van der Waals surface area contributed by atoms with Crippen LogP contribution in [-0.4, -0.2) is 24.5 Å². The summed E-state index contributed by atoms with van der Waals surface area (Å²) in [5.41, 5.74) is 0.764. The highest BCUT2D eigenvalue weighted by Crippen LogP contribution is 2.50. The molecule has 0 amide bonds. The average Bonchev–Trinajstić information content (AvgIpc) is 2.77. The van der Waals surface area contributed by atoms with Crippen molar-refractivity contribution in [3.05, 3.63) is 0 Å². The molecular formula is C16H33N. The maximum absolute atomic E-state index is 2.62. The molecule has 1 spiro atoms. The first-order chi connectivity index (χ1) is 8.15. The molecule has 102 valence electrons. The third-order valence-corrected chi connectivity index (χ3v) is 5.05. The molecular weight excluding hydrogens is 206 g/mol. The van der Waals surface area contributed by atoms with E-state index in [1.165, 1.54) is 51.7 Å². The lowest BCUT2D eigenvalue weighted by Gasteiger charge is -2.39. The number of rotatable bonds is 2. The molecule has 0 aromatic rings. The molecule has 2 aliphatic rings. The van der Waals surface area contributed by atoms with Crippen molar-refractivity contribution >= 4 is 0 Å². The summed E-state index contributed by atoms with van der Waals surface area (Å²) in [6.07, 6.45) is 7.51. The summed E-state index contributed by atoms with van der Waals surface area (Å²) in [5, 5.41) is 0. The van der Waals surface area contributed by atoms with E-state index in [0.717, 1.165) is 17.3 Å². The fourth-order valence-corrected chi connectivity index (χ4v) is 3.62. The summed E-state index contributed by atoms with van der Waals surface area (Å²) in [4.78, 5) is 2.62. The van der Waals surface area contributed by atoms with E-state index < -0.39 is 0 Å². The van der Waals surface area contributed by atoms with Crippen LogP contribution in [0.15, 0.2) is 0 Å². The molecule has 1 saturated carbocycles. The molecule has 1 aliphatic carbocycles. The van der Waals surface area contributed by atoms with Crippen molar-refractivity contribution in [2.45, 2.75) is 66.7 Å². The number of nitrogens with zero attached hydrogens (tertiary/aromatic N) is 1. The molecule has 0 bridgehead atoms. The molecule has 0 radical (unpaired) electrons. The molecule has 2 fully saturated rings. The fourth-order valence-electron chi connectivity index (χ4n) is 3.62. The Balaban J connectivity index is 0.000000686. The highest BCUT2D eigenvalue weighted by atomic mass is 15.1. The van der Waals surface area contributed by atoms with Crippen molar-refractivity contribution in [3.63, 3.8) is 0 Å². The monoisotopic (exact) mass is 239 g/mol. The quantitative estimate of drug-likeness (QED) is 0.682. The van der Waals surface area contributed by atoms with Gasteiger partial charge in [-0.3, -0.25) is 0 Å². The number of piperidine rings is 1. The molecule has 17 heavy (non-hydrogen) atoms. The van der Waals surface area contributed by atoms with Crippen molar-refractivity contribution in [2.24, 2.45) is 17.3 Å². The first-order valence-electron chi connectivity index (χ1n) is 7.87. The summed E-state index contributed by atoms with van der Waals surface area (Å²) in [6, 6.07) is 0. The molecule has 1 atom stereocenters. The zero-order valence-electron chi connectivity index (χ0n) is 12.8. The van der Waals surface area contributed by atoms with E-state index in [-0.39, 0.29) is 0 Å². The van der Waals surface area contributed by atoms with Crippen LogP contribution in [0, 0.1) is 17.3 Å². The van der Waals surface area contributed by atoms with Gasteiger partial charge in [0.25, 0.3) is 0 Å². The normalized spacial score (nSPS) is 28.2. The third-order valence-electron chi connectivity index (χ3n) is 5.05. The average molecular weight is 239 g/mol. The van der Waals surface area contributed by atoms with Crippen LogP contribution >= 0.6 is 0 Å². The smallest absolute Gasteiger partial charge is 0.00135 e. The van der Waals surface area contributed by atoms with E-state index in [1.807, 2.05) is 13.8 Å². The van der Waals surface area contributed by atoms with Crippen LogP contribution in [0.4, 0.5) is 0 Å². The molecule has 1 aliphatic heterocycles. The second-order valence-corrected chi connectivity index (χ2v) is 6.18. The lowest BCUT2D eigenvalue weighted by molar-refractivity contribution is 0.106. The Morgan fingerprint density at radius 3 is 2.12 bits per heavy atom. The minimum atomic E-state index is 0.764. The summed E-state index contributed by atoms with van der Waals surface area (Å²) in [7, 11) is 0. The van der Waals surface area contributed by atoms with Gasteiger partial charge < -0.3 is 4.90 Å². The number of hydrogen-bond acceptors (Lipinski definition) is 1. The van der Waals surface area contributed by atoms with Crippen LogP contribution in [0.25, 0.3) is 0 Å². The van der Waals surface area contributed by atoms with Gasteiger partial charge in [-0.15, -0.1) is 0 Å². The zero-order valence-corrected chi connectivity index (χ0v) is 12.8. The van der Waals surface area contributed by atoms with Gasteiger partial charge in [-0.2, -0.15) is 0 Å². The van der Waals surface area contributed by atoms with Gasteiger partial charge in [0.1, 0.15) is 0 Å². The Morgan fingerprint density at radius 2 is 1.71 bits per heavy atom. The van der Waals surface area contributed by atoms with Crippen LogP contribution in [0.2, 0.25) is 0 Å². The maximum atomic E-state index is 2.62. The first-order valence-corrected chi connectivity index (χ1v) is 7.87. The third kappa shape index (κ3) is 3.71. The van der Waals surface area contributed by atoms with Crippen LogP contribution in [0.1, 0.15) is 66.7 Å². The van der Waals surface area contributed by atoms with Crippen molar-refractivity contribution in [3.8, 4) is 0 Å². The van der Waals surface area contributed by atoms with Gasteiger partial charge in [-0.25, -0.2) is 0 Å². The molecule has 1 heterocycles. The molecule has 1 saturated heterocycles. The van der Waals surface area contributed by atoms with Crippen LogP contribution in [0.3, 0.4) is 0 Å². The summed E-state index contributed by atoms with van der Waals surface area (Å²) in [5.74, 6) is 1.94. The predicted molar refractivity (Wildman–Crippen MR) is 77.3 cm³/mol. The molecule has 1 nitrogen and oxygen atoms in total. The Bertz CT molecular complexity index is 202. The largest absolute Gasteiger partial charge is 0.304 e. The van der Waals surface area contributed by atoms with Gasteiger partial charge in [-0.05, 0) is 69.0 Å². The first kappa shape index (κ1) is 15.0. The summed E-state index contributed by atoms with van der Waals surface area (Å²) in [6.45, 7) is 15.1. The second-order valence-electron chi connectivity index (χ2n) is 6.18. The van der Waals surface area contributed by atoms with E-state index in [2.05, 4.69) is 25.7 Å². The van der Waals surface area contributed by atoms with Gasteiger partial charge in [-0.1, -0.05) is 34.6 Å². The molecule has 0 N–H and O–H groups in total. The van der Waals surface area contributed by atoms with E-state index in [0.29, 0.717) is 0 Å². The van der Waals surface area contributed by atoms with Crippen molar-refractivity contribution in [1.29, 1.82) is 0 Å². The highest BCUT2D eigenvalue weighted by Gasteiger charge is 2.41. The van der Waals surface area contributed by atoms with Gasteiger partial charge in [0.15, 0.2) is 0 Å². The standard InChI is InChI=1S/C14H27N.C2H6/c1-4-15-9-7-14(8-10-15)6-5-13(11-14)12(2)3;1-2/h12-13H,4-11H2,1-3H3;1-2H3. The van der Waals surface area contributed by atoms with Gasteiger partial charge in [0, 0.05) is 0 Å². The molecule has 1 heteroatoms. The highest BCUT2D eigenvalue weighted by molar-refractivity contribution is 4.93. The lowest BCUT2D eigenvalue weighted by atomic mass is 9.75. The van der Waals surface area contributed by atoms with Crippen molar-refractivity contribution in [2.75, 3.05) is 19.6 Å². The molecule has 0 aromatic heterocycles. The van der Waals surface area contributed by atoms with Gasteiger partial charge >= 0.3 is 0 Å². The Kier molecular flexibility index (Phi) is 5.99. The SMILES string of the molecule is CC.CCN1CCC2(CCC(C(C)C)C2)CC1. The van der Waals surface area contributed by atoms with E-state index in [1.54, 1.807) is 0 Å². The molecule has 2 rings (SSSR count). The van der Waals surface area contributed by atoms with Crippen LogP contribution in [0.5, 0.6) is 0 Å². The fraction of sp³-hybridized carbons (Fsp3) is 1.00. The van der Waals surface area contributed by atoms with E-state index >= 15 is 0 Å². The lowest BCUT2D eigenvalue weighted by Crippen LogP contribution is -2.38. The minimum absolute atomic E-state index is 0.764. The van der Waals surface area contributed by atoms with Crippen LogP contribution in [-0.2, 0) is 0 Å².